The lowest BCUT2D eigenvalue weighted by molar-refractivity contribution is -0.156. The van der Waals surface area contributed by atoms with Crippen LogP contribution in [0.15, 0.2) is 22.6 Å². The minimum atomic E-state index is -4.65. The molecular formula is C13H14F3N3O2. The van der Waals surface area contributed by atoms with Crippen molar-refractivity contribution in [3.63, 3.8) is 0 Å². The molecule has 2 aromatic rings. The number of alkyl halides is 3. The molecule has 2 rings (SSSR count). The second kappa shape index (κ2) is 5.36. The van der Waals surface area contributed by atoms with Crippen LogP contribution in [0.1, 0.15) is 19.7 Å². The third kappa shape index (κ3) is 3.33. The predicted molar refractivity (Wildman–Crippen MR) is 70.5 cm³/mol. The topological polar surface area (TPSA) is 81.2 Å². The Bertz CT molecular complexity index is 664. The van der Waals surface area contributed by atoms with Crippen molar-refractivity contribution in [3.05, 3.63) is 24.1 Å². The van der Waals surface area contributed by atoms with Crippen LogP contribution in [0.2, 0.25) is 0 Å². The number of anilines is 1. The highest BCUT2D eigenvalue weighted by molar-refractivity contribution is 5.96. The molecule has 1 atom stereocenters. The maximum Gasteiger partial charge on any atom is 0.468 e. The van der Waals surface area contributed by atoms with Gasteiger partial charge >= 0.3 is 12.1 Å². The summed E-state index contributed by atoms with van der Waals surface area (Å²) in [6.07, 6.45) is -4.65. The van der Waals surface area contributed by atoms with Gasteiger partial charge in [-0.1, -0.05) is 13.8 Å². The van der Waals surface area contributed by atoms with E-state index in [0.29, 0.717) is 5.69 Å². The number of nitrogens with one attached hydrogen (secondary N) is 1. The second-order valence-electron chi connectivity index (χ2n) is 4.96. The first-order chi connectivity index (χ1) is 9.68. The Morgan fingerprint density at radius 3 is 2.62 bits per heavy atom. The SMILES string of the molecule is CC(C)[C@H](N)C(=O)Nc1ccc2oc(C(F)(F)F)nc2c1. The molecule has 1 amide bonds. The Kier molecular flexibility index (Phi) is 3.91. The molecule has 0 unspecified atom stereocenters. The van der Waals surface area contributed by atoms with Crippen molar-refractivity contribution in [2.45, 2.75) is 26.1 Å². The summed E-state index contributed by atoms with van der Waals surface area (Å²) in [6, 6.07) is 3.34. The lowest BCUT2D eigenvalue weighted by atomic mass is 10.0. The quantitative estimate of drug-likeness (QED) is 0.913. The van der Waals surface area contributed by atoms with Gasteiger partial charge in [0.15, 0.2) is 5.58 Å². The zero-order valence-electron chi connectivity index (χ0n) is 11.4. The van der Waals surface area contributed by atoms with Gasteiger partial charge in [0.1, 0.15) is 5.52 Å². The number of nitrogens with zero attached hydrogens (tertiary/aromatic N) is 1. The largest absolute Gasteiger partial charge is 0.468 e. The van der Waals surface area contributed by atoms with E-state index in [1.165, 1.54) is 18.2 Å². The van der Waals surface area contributed by atoms with Gasteiger partial charge < -0.3 is 15.5 Å². The summed E-state index contributed by atoms with van der Waals surface area (Å²) in [7, 11) is 0. The summed E-state index contributed by atoms with van der Waals surface area (Å²) >= 11 is 0. The first kappa shape index (κ1) is 15.3. The molecular weight excluding hydrogens is 287 g/mol. The number of carbonyl (C=O) groups is 1. The van der Waals surface area contributed by atoms with Gasteiger partial charge in [0, 0.05) is 5.69 Å². The highest BCUT2D eigenvalue weighted by Crippen LogP contribution is 2.31. The molecule has 0 radical (unpaired) electrons. The van der Waals surface area contributed by atoms with Gasteiger partial charge in [0.25, 0.3) is 0 Å². The van der Waals surface area contributed by atoms with Crippen molar-refractivity contribution >= 4 is 22.7 Å². The smallest absolute Gasteiger partial charge is 0.433 e. The molecule has 3 N–H and O–H groups in total. The van der Waals surface area contributed by atoms with E-state index in [2.05, 4.69) is 14.7 Å². The summed E-state index contributed by atoms with van der Waals surface area (Å²) in [5, 5.41) is 2.54. The number of amides is 1. The highest BCUT2D eigenvalue weighted by atomic mass is 19.4. The maximum absolute atomic E-state index is 12.5. The number of aromatic nitrogens is 1. The van der Waals surface area contributed by atoms with Crippen molar-refractivity contribution in [2.75, 3.05) is 5.32 Å². The highest BCUT2D eigenvalue weighted by Gasteiger charge is 2.37. The molecule has 21 heavy (non-hydrogen) atoms. The molecule has 0 spiro atoms. The van der Waals surface area contributed by atoms with E-state index in [1.54, 1.807) is 13.8 Å². The molecule has 0 fully saturated rings. The normalized spacial score (nSPS) is 13.7. The van der Waals surface area contributed by atoms with Gasteiger partial charge in [-0.3, -0.25) is 4.79 Å². The van der Waals surface area contributed by atoms with Gasteiger partial charge in [-0.2, -0.15) is 13.2 Å². The number of benzene rings is 1. The molecule has 0 aliphatic carbocycles. The molecule has 5 nitrogen and oxygen atoms in total. The Labute approximate surface area is 118 Å². The molecule has 0 aliphatic heterocycles. The molecule has 0 saturated carbocycles. The van der Waals surface area contributed by atoms with Gasteiger partial charge in [-0.15, -0.1) is 0 Å². The van der Waals surface area contributed by atoms with Crippen molar-refractivity contribution in [1.29, 1.82) is 0 Å². The minimum Gasteiger partial charge on any atom is -0.433 e. The molecule has 114 valence electrons. The summed E-state index contributed by atoms with van der Waals surface area (Å²) in [5.41, 5.74) is 6.00. The number of nitrogens with two attached hydrogens (primary N) is 1. The Hall–Kier alpha value is -2.09. The van der Waals surface area contributed by atoms with Crippen LogP contribution in [-0.4, -0.2) is 16.9 Å². The first-order valence-corrected chi connectivity index (χ1v) is 6.22. The van der Waals surface area contributed by atoms with Gasteiger partial charge in [-0.05, 0) is 24.1 Å². The average Bonchev–Trinajstić information content (AvgIpc) is 2.80. The number of rotatable bonds is 3. The van der Waals surface area contributed by atoms with Crippen molar-refractivity contribution in [1.82, 2.24) is 4.98 Å². The molecule has 1 aromatic heterocycles. The first-order valence-electron chi connectivity index (χ1n) is 6.22. The maximum atomic E-state index is 12.5. The van der Waals surface area contributed by atoms with Gasteiger partial charge in [-0.25, -0.2) is 4.98 Å². The molecule has 1 aromatic carbocycles. The van der Waals surface area contributed by atoms with Crippen LogP contribution in [-0.2, 0) is 11.0 Å². The number of halogens is 3. The van der Waals surface area contributed by atoms with E-state index in [-0.39, 0.29) is 17.0 Å². The molecule has 0 saturated heterocycles. The second-order valence-corrected chi connectivity index (χ2v) is 4.96. The van der Waals surface area contributed by atoms with E-state index in [0.717, 1.165) is 0 Å². The number of hydrogen-bond acceptors (Lipinski definition) is 4. The fourth-order valence-electron chi connectivity index (χ4n) is 1.65. The Balaban J connectivity index is 2.25. The predicted octanol–water partition coefficient (Wildman–Crippen LogP) is 2.77. The fourth-order valence-corrected chi connectivity index (χ4v) is 1.65. The monoisotopic (exact) mass is 301 g/mol. The number of carbonyl (C=O) groups excluding carboxylic acids is 1. The van der Waals surface area contributed by atoms with Gasteiger partial charge in [0.05, 0.1) is 6.04 Å². The number of oxazole rings is 1. The van der Waals surface area contributed by atoms with Crippen molar-refractivity contribution < 1.29 is 22.4 Å². The fraction of sp³-hybridized carbons (Fsp3) is 0.385. The third-order valence-electron chi connectivity index (χ3n) is 2.92. The standard InChI is InChI=1S/C13H14F3N3O2/c1-6(2)10(17)11(20)18-7-3-4-9-8(5-7)19-12(21-9)13(14,15)16/h3-6,10H,17H2,1-2H3,(H,18,20)/t10-/m0/s1. The van der Waals surface area contributed by atoms with Crippen LogP contribution < -0.4 is 11.1 Å². The lowest BCUT2D eigenvalue weighted by Gasteiger charge is -2.15. The van der Waals surface area contributed by atoms with E-state index < -0.39 is 24.0 Å². The summed E-state index contributed by atoms with van der Waals surface area (Å²) in [6.45, 7) is 3.58. The third-order valence-corrected chi connectivity index (χ3v) is 2.92. The van der Waals surface area contributed by atoms with Crippen molar-refractivity contribution in [3.8, 4) is 0 Å². The van der Waals surface area contributed by atoms with E-state index in [4.69, 9.17) is 5.73 Å². The zero-order valence-corrected chi connectivity index (χ0v) is 11.4. The van der Waals surface area contributed by atoms with Crippen LogP contribution in [0.3, 0.4) is 0 Å². The number of fused-ring (bicyclic) bond motifs is 1. The minimum absolute atomic E-state index is 0.00604. The molecule has 8 heteroatoms. The summed E-state index contributed by atoms with van der Waals surface area (Å²) < 4.78 is 42.1. The van der Waals surface area contributed by atoms with Crippen molar-refractivity contribution in [2.24, 2.45) is 11.7 Å². The summed E-state index contributed by atoms with van der Waals surface area (Å²) in [5.74, 6) is -1.79. The van der Waals surface area contributed by atoms with Crippen LogP contribution >= 0.6 is 0 Å². The van der Waals surface area contributed by atoms with E-state index in [9.17, 15) is 18.0 Å². The Morgan fingerprint density at radius 1 is 1.38 bits per heavy atom. The molecule has 0 aliphatic rings. The number of hydrogen-bond donors (Lipinski definition) is 2. The Morgan fingerprint density at radius 2 is 2.05 bits per heavy atom. The average molecular weight is 301 g/mol. The van der Waals surface area contributed by atoms with Gasteiger partial charge in [0.2, 0.25) is 5.91 Å². The lowest BCUT2D eigenvalue weighted by Crippen LogP contribution is -2.39. The van der Waals surface area contributed by atoms with Crippen LogP contribution in [0.25, 0.3) is 11.1 Å². The van der Waals surface area contributed by atoms with Crippen LogP contribution in [0, 0.1) is 5.92 Å². The van der Waals surface area contributed by atoms with E-state index in [1.807, 2.05) is 0 Å². The van der Waals surface area contributed by atoms with E-state index >= 15 is 0 Å². The van der Waals surface area contributed by atoms with Crippen LogP contribution in [0.4, 0.5) is 18.9 Å². The van der Waals surface area contributed by atoms with Crippen LogP contribution in [0.5, 0.6) is 0 Å². The zero-order chi connectivity index (χ0) is 15.8. The molecule has 0 bridgehead atoms. The summed E-state index contributed by atoms with van der Waals surface area (Å²) in [4.78, 5) is 15.2. The molecule has 1 heterocycles.